The second kappa shape index (κ2) is 10.4. The number of carbonyl (C=O) groups excluding carboxylic acids is 2. The fraction of sp³-hybridized carbons (Fsp3) is 0.276. The topological polar surface area (TPSA) is 140 Å². The molecule has 1 aromatic heterocycles. The van der Waals surface area contributed by atoms with Gasteiger partial charge in [0.1, 0.15) is 0 Å². The van der Waals surface area contributed by atoms with Crippen molar-refractivity contribution in [3.8, 4) is 0 Å². The lowest BCUT2D eigenvalue weighted by atomic mass is 10.0. The number of H-pyrrole nitrogens is 1. The standard InChI is InChI=1S/C29H30N4O6S/c1-17-25(30-18(2)26(17)28(35)33-11-9-32(3)10-12-33)15-23-22-14-21(7-8-24(22)31-27(23)34)40(38,39)16-19-5-4-6-20(13-19)29(36)37/h4-8,13-15,30H,9-12,16H2,1-3H3,(H,31,34)(H,36,37). The Labute approximate surface area is 232 Å². The van der Waals surface area contributed by atoms with Crippen LogP contribution in [0.3, 0.4) is 0 Å². The number of piperazine rings is 1. The smallest absolute Gasteiger partial charge is 0.335 e. The molecule has 2 amide bonds. The zero-order valence-electron chi connectivity index (χ0n) is 22.4. The van der Waals surface area contributed by atoms with Gasteiger partial charge in [0.15, 0.2) is 9.84 Å². The minimum atomic E-state index is -3.85. The van der Waals surface area contributed by atoms with Crippen molar-refractivity contribution >= 4 is 45.0 Å². The average molecular weight is 563 g/mol. The first kappa shape index (κ1) is 27.4. The third kappa shape index (κ3) is 5.17. The number of carboxylic acid groups (broad SMARTS) is 1. The summed E-state index contributed by atoms with van der Waals surface area (Å²) in [4.78, 5) is 44.8. The van der Waals surface area contributed by atoms with E-state index in [4.69, 9.17) is 0 Å². The summed E-state index contributed by atoms with van der Waals surface area (Å²) in [5.41, 5.74) is 4.15. The quantitative estimate of drug-likeness (QED) is 0.392. The molecule has 2 aromatic carbocycles. The number of rotatable bonds is 6. The molecule has 208 valence electrons. The Bertz CT molecular complexity index is 1680. The van der Waals surface area contributed by atoms with Crippen LogP contribution in [0.2, 0.25) is 0 Å². The second-order valence-electron chi connectivity index (χ2n) is 10.2. The van der Waals surface area contributed by atoms with E-state index in [0.29, 0.717) is 46.9 Å². The van der Waals surface area contributed by atoms with Gasteiger partial charge in [-0.1, -0.05) is 12.1 Å². The number of sulfone groups is 1. The molecule has 2 aliphatic rings. The first-order valence-electron chi connectivity index (χ1n) is 12.8. The summed E-state index contributed by atoms with van der Waals surface area (Å²) in [5.74, 6) is -1.96. The lowest BCUT2D eigenvalue weighted by Crippen LogP contribution is -2.47. The highest BCUT2D eigenvalue weighted by atomic mass is 32.2. The van der Waals surface area contributed by atoms with Crippen LogP contribution < -0.4 is 5.32 Å². The Kier molecular flexibility index (Phi) is 7.11. The number of likely N-dealkylation sites (N-methyl/N-ethyl adjacent to an activating group) is 1. The molecular weight excluding hydrogens is 532 g/mol. The number of anilines is 1. The summed E-state index contributed by atoms with van der Waals surface area (Å²) in [7, 11) is -1.83. The summed E-state index contributed by atoms with van der Waals surface area (Å²) in [5, 5.41) is 12.0. The Morgan fingerprint density at radius 1 is 1.05 bits per heavy atom. The molecule has 0 aliphatic carbocycles. The predicted molar refractivity (Wildman–Crippen MR) is 151 cm³/mol. The van der Waals surface area contributed by atoms with Crippen molar-refractivity contribution in [1.29, 1.82) is 0 Å². The maximum atomic E-state index is 13.3. The van der Waals surface area contributed by atoms with Crippen molar-refractivity contribution in [3.63, 3.8) is 0 Å². The van der Waals surface area contributed by atoms with Gasteiger partial charge in [-0.15, -0.1) is 0 Å². The average Bonchev–Trinajstić information content (AvgIpc) is 3.37. The molecule has 3 heterocycles. The van der Waals surface area contributed by atoms with Gasteiger partial charge in [0.05, 0.1) is 27.3 Å². The SMILES string of the molecule is Cc1[nH]c(C=C2C(=O)Nc3ccc(S(=O)(=O)Cc4cccc(C(=O)O)c4)cc32)c(C)c1C(=O)N1CCN(C)CC1. The fourth-order valence-electron chi connectivity index (χ4n) is 5.15. The molecule has 3 N–H and O–H groups in total. The van der Waals surface area contributed by atoms with Crippen LogP contribution in [0.25, 0.3) is 11.6 Å². The second-order valence-corrected chi connectivity index (χ2v) is 12.2. The minimum Gasteiger partial charge on any atom is -0.478 e. The summed E-state index contributed by atoms with van der Waals surface area (Å²) in [6, 6.07) is 10.2. The molecule has 3 aromatic rings. The number of hydrogen-bond donors (Lipinski definition) is 3. The van der Waals surface area contributed by atoms with Gasteiger partial charge in [-0.2, -0.15) is 0 Å². The summed E-state index contributed by atoms with van der Waals surface area (Å²) < 4.78 is 26.5. The molecule has 10 nitrogen and oxygen atoms in total. The van der Waals surface area contributed by atoms with Gasteiger partial charge in [-0.3, -0.25) is 9.59 Å². The van der Waals surface area contributed by atoms with E-state index in [2.05, 4.69) is 15.2 Å². The van der Waals surface area contributed by atoms with Gasteiger partial charge in [-0.25, -0.2) is 13.2 Å². The van der Waals surface area contributed by atoms with Crippen LogP contribution >= 0.6 is 0 Å². The van der Waals surface area contributed by atoms with Crippen LogP contribution in [-0.4, -0.2) is 79.3 Å². The molecule has 1 fully saturated rings. The predicted octanol–water partition coefficient (Wildman–Crippen LogP) is 3.18. The van der Waals surface area contributed by atoms with Gasteiger partial charge < -0.3 is 25.2 Å². The number of benzene rings is 2. The van der Waals surface area contributed by atoms with E-state index in [1.165, 1.54) is 30.3 Å². The maximum absolute atomic E-state index is 13.3. The number of aromatic amines is 1. The van der Waals surface area contributed by atoms with Crippen molar-refractivity contribution in [3.05, 3.63) is 81.7 Å². The van der Waals surface area contributed by atoms with Crippen molar-refractivity contribution in [2.75, 3.05) is 38.5 Å². The number of nitrogens with one attached hydrogen (secondary N) is 2. The molecule has 11 heteroatoms. The third-order valence-corrected chi connectivity index (χ3v) is 9.12. The first-order valence-corrected chi connectivity index (χ1v) is 14.5. The van der Waals surface area contributed by atoms with Gasteiger partial charge in [-0.05, 0) is 68.4 Å². The molecule has 40 heavy (non-hydrogen) atoms. The lowest BCUT2D eigenvalue weighted by molar-refractivity contribution is -0.110. The van der Waals surface area contributed by atoms with Crippen LogP contribution in [0.15, 0.2) is 47.4 Å². The molecule has 0 spiro atoms. The number of amides is 2. The molecule has 1 saturated heterocycles. The van der Waals surface area contributed by atoms with Gasteiger partial charge in [0.2, 0.25) is 0 Å². The Morgan fingerprint density at radius 3 is 2.48 bits per heavy atom. The molecular formula is C29H30N4O6S. The Morgan fingerprint density at radius 2 is 1.77 bits per heavy atom. The number of aromatic nitrogens is 1. The third-order valence-electron chi connectivity index (χ3n) is 7.43. The van der Waals surface area contributed by atoms with Crippen LogP contribution in [-0.2, 0) is 20.4 Å². The van der Waals surface area contributed by atoms with Crippen LogP contribution in [0.1, 0.15) is 48.8 Å². The molecule has 0 atom stereocenters. The molecule has 2 aliphatic heterocycles. The van der Waals surface area contributed by atoms with E-state index >= 15 is 0 Å². The molecule has 0 radical (unpaired) electrons. The summed E-state index contributed by atoms with van der Waals surface area (Å²) >= 11 is 0. The Hall–Kier alpha value is -4.22. The van der Waals surface area contributed by atoms with E-state index in [1.54, 1.807) is 18.2 Å². The highest BCUT2D eigenvalue weighted by molar-refractivity contribution is 7.90. The number of carbonyl (C=O) groups is 3. The minimum absolute atomic E-state index is 0.00348. The molecule has 0 unspecified atom stereocenters. The first-order chi connectivity index (χ1) is 18.9. The van der Waals surface area contributed by atoms with Crippen LogP contribution in [0.5, 0.6) is 0 Å². The number of carboxylic acids is 1. The zero-order valence-corrected chi connectivity index (χ0v) is 23.3. The lowest BCUT2D eigenvalue weighted by Gasteiger charge is -2.32. The number of nitrogens with zero attached hydrogens (tertiary/aromatic N) is 2. The van der Waals surface area contributed by atoms with Crippen molar-refractivity contribution in [1.82, 2.24) is 14.8 Å². The zero-order chi connectivity index (χ0) is 28.8. The van der Waals surface area contributed by atoms with E-state index in [1.807, 2.05) is 25.8 Å². The highest BCUT2D eigenvalue weighted by Crippen LogP contribution is 2.36. The summed E-state index contributed by atoms with van der Waals surface area (Å²) in [6.07, 6.45) is 1.65. The highest BCUT2D eigenvalue weighted by Gasteiger charge is 2.29. The molecule has 0 saturated carbocycles. The largest absolute Gasteiger partial charge is 0.478 e. The molecule has 0 bridgehead atoms. The van der Waals surface area contributed by atoms with Gasteiger partial charge in [0, 0.05) is 48.8 Å². The number of aromatic carboxylic acids is 1. The maximum Gasteiger partial charge on any atom is 0.335 e. The van der Waals surface area contributed by atoms with E-state index in [-0.39, 0.29) is 33.6 Å². The van der Waals surface area contributed by atoms with Crippen LogP contribution in [0, 0.1) is 13.8 Å². The normalized spacial score (nSPS) is 16.7. The molecule has 5 rings (SSSR count). The van der Waals surface area contributed by atoms with E-state index < -0.39 is 15.8 Å². The fourth-order valence-corrected chi connectivity index (χ4v) is 6.51. The number of fused-ring (bicyclic) bond motifs is 1. The van der Waals surface area contributed by atoms with Crippen molar-refractivity contribution in [2.24, 2.45) is 0 Å². The van der Waals surface area contributed by atoms with Crippen LogP contribution in [0.4, 0.5) is 5.69 Å². The summed E-state index contributed by atoms with van der Waals surface area (Å²) in [6.45, 7) is 6.55. The van der Waals surface area contributed by atoms with Gasteiger partial charge in [0.25, 0.3) is 11.8 Å². The Balaban J connectivity index is 1.46. The van der Waals surface area contributed by atoms with E-state index in [9.17, 15) is 27.9 Å². The monoisotopic (exact) mass is 562 g/mol. The number of aryl methyl sites for hydroxylation is 1. The van der Waals surface area contributed by atoms with Gasteiger partial charge >= 0.3 is 5.97 Å². The number of hydrogen-bond acceptors (Lipinski definition) is 6. The van der Waals surface area contributed by atoms with Crippen molar-refractivity contribution in [2.45, 2.75) is 24.5 Å². The van der Waals surface area contributed by atoms with E-state index in [0.717, 1.165) is 18.7 Å². The van der Waals surface area contributed by atoms with Crippen molar-refractivity contribution < 1.29 is 27.9 Å².